The van der Waals surface area contributed by atoms with Crippen LogP contribution in [0.4, 0.5) is 13.2 Å². The first-order valence-electron chi connectivity index (χ1n) is 9.85. The van der Waals surface area contributed by atoms with Crippen molar-refractivity contribution >= 4 is 9.84 Å². The van der Waals surface area contributed by atoms with Crippen molar-refractivity contribution in [1.29, 1.82) is 5.26 Å². The Morgan fingerprint density at radius 3 is 2.38 bits per heavy atom. The third-order valence-electron chi connectivity index (χ3n) is 4.92. The molecular formula is C23H19F3N2O5S. The second kappa shape index (κ2) is 10.1. The number of sulfone groups is 1. The number of ether oxygens (including phenoxy) is 2. The van der Waals surface area contributed by atoms with Crippen LogP contribution in [0.5, 0.6) is 17.2 Å². The monoisotopic (exact) mass is 492 g/mol. The first kappa shape index (κ1) is 25.0. The summed E-state index contributed by atoms with van der Waals surface area (Å²) in [5.41, 5.74) is -4.78. The van der Waals surface area contributed by atoms with E-state index in [0.717, 1.165) is 12.1 Å². The minimum Gasteiger partial charge on any atom is -0.495 e. The van der Waals surface area contributed by atoms with Crippen molar-refractivity contribution in [2.24, 2.45) is 0 Å². The first-order chi connectivity index (χ1) is 16.1. The Labute approximate surface area is 193 Å². The summed E-state index contributed by atoms with van der Waals surface area (Å²) in [4.78, 5) is 2.96. The molecule has 0 fully saturated rings. The Hall–Kier alpha value is -3.62. The predicted octanol–water partition coefficient (Wildman–Crippen LogP) is 4.71. The third-order valence-corrected chi connectivity index (χ3v) is 6.47. The van der Waals surface area contributed by atoms with Gasteiger partial charge < -0.3 is 14.6 Å². The Morgan fingerprint density at radius 1 is 1.12 bits per heavy atom. The number of rotatable bonds is 4. The molecule has 1 aliphatic carbocycles. The number of hydrogen-bond donors (Lipinski definition) is 1. The second-order valence-electron chi connectivity index (χ2n) is 7.10. The molecule has 0 saturated heterocycles. The number of pyridine rings is 1. The van der Waals surface area contributed by atoms with Crippen LogP contribution < -0.4 is 9.47 Å². The van der Waals surface area contributed by atoms with Crippen molar-refractivity contribution in [3.05, 3.63) is 77.6 Å². The van der Waals surface area contributed by atoms with E-state index in [2.05, 4.69) is 4.98 Å². The summed E-state index contributed by atoms with van der Waals surface area (Å²) < 4.78 is 73.0. The quantitative estimate of drug-likeness (QED) is 0.562. The predicted molar refractivity (Wildman–Crippen MR) is 115 cm³/mol. The minimum atomic E-state index is -5.58. The molecular weight excluding hydrogens is 473 g/mol. The van der Waals surface area contributed by atoms with E-state index in [4.69, 9.17) is 14.7 Å². The van der Waals surface area contributed by atoms with E-state index in [1.807, 2.05) is 24.3 Å². The molecule has 1 aliphatic rings. The van der Waals surface area contributed by atoms with Crippen LogP contribution in [0.15, 0.2) is 65.8 Å². The molecule has 1 N–H and O–H groups in total. The number of nitriles is 1. The number of halogens is 3. The zero-order chi connectivity index (χ0) is 24.9. The maximum atomic E-state index is 12.9. The molecule has 3 aromatic rings. The maximum absolute atomic E-state index is 12.9. The number of hydrogen-bond acceptors (Lipinski definition) is 7. The molecule has 0 amide bonds. The molecule has 0 bridgehead atoms. The minimum absolute atomic E-state index is 0.104. The number of fused-ring (bicyclic) bond motifs is 1. The van der Waals surface area contributed by atoms with Gasteiger partial charge >= 0.3 is 5.51 Å². The normalized spacial score (nSPS) is 14.9. The van der Waals surface area contributed by atoms with E-state index in [0.29, 0.717) is 11.3 Å². The van der Waals surface area contributed by atoms with Crippen LogP contribution in [-0.2, 0) is 16.3 Å². The highest BCUT2D eigenvalue weighted by Gasteiger charge is 2.49. The molecule has 2 aromatic carbocycles. The van der Waals surface area contributed by atoms with Gasteiger partial charge in [0, 0.05) is 17.2 Å². The van der Waals surface area contributed by atoms with Crippen molar-refractivity contribution in [3.8, 4) is 23.3 Å². The third kappa shape index (κ3) is 5.30. The summed E-state index contributed by atoms with van der Waals surface area (Å²) in [6.45, 7) is 0. The van der Waals surface area contributed by atoms with Gasteiger partial charge in [-0.15, -0.1) is 0 Å². The maximum Gasteiger partial charge on any atom is 0.501 e. The zero-order valence-electron chi connectivity index (χ0n) is 17.8. The van der Waals surface area contributed by atoms with Crippen LogP contribution in [0, 0.1) is 11.3 Å². The van der Waals surface area contributed by atoms with Gasteiger partial charge in [-0.3, -0.25) is 4.98 Å². The van der Waals surface area contributed by atoms with Crippen molar-refractivity contribution in [3.63, 3.8) is 0 Å². The molecule has 178 valence electrons. The van der Waals surface area contributed by atoms with E-state index in [-0.39, 0.29) is 35.5 Å². The lowest BCUT2D eigenvalue weighted by molar-refractivity contribution is -0.0437. The number of nitrogens with zero attached hydrogens (tertiary/aromatic N) is 2. The number of benzene rings is 2. The number of alkyl halides is 3. The van der Waals surface area contributed by atoms with Crippen molar-refractivity contribution < 1.29 is 36.2 Å². The van der Waals surface area contributed by atoms with Gasteiger partial charge in [-0.25, -0.2) is 8.42 Å². The molecule has 0 radical (unpaired) electrons. The second-order valence-corrected chi connectivity index (χ2v) is 9.01. The Morgan fingerprint density at radius 2 is 1.79 bits per heavy atom. The van der Waals surface area contributed by atoms with Gasteiger partial charge in [0.25, 0.3) is 9.84 Å². The Bertz CT molecular complexity index is 1310. The van der Waals surface area contributed by atoms with Crippen LogP contribution in [0.2, 0.25) is 0 Å². The van der Waals surface area contributed by atoms with E-state index < -0.39 is 26.3 Å². The summed E-state index contributed by atoms with van der Waals surface area (Å²) in [5.74, 6) is 0.836. The van der Waals surface area contributed by atoms with Gasteiger partial charge in [-0.1, -0.05) is 18.2 Å². The van der Waals surface area contributed by atoms with E-state index in [1.54, 1.807) is 12.1 Å². The summed E-state index contributed by atoms with van der Waals surface area (Å²) >= 11 is 0. The van der Waals surface area contributed by atoms with Crippen molar-refractivity contribution in [1.82, 2.24) is 4.98 Å². The Kier molecular flexibility index (Phi) is 7.44. The van der Waals surface area contributed by atoms with Gasteiger partial charge in [0.15, 0.2) is 0 Å². The molecule has 1 heterocycles. The highest BCUT2D eigenvalue weighted by Crippen LogP contribution is 2.45. The average molecular weight is 492 g/mol. The van der Waals surface area contributed by atoms with E-state index >= 15 is 0 Å². The fourth-order valence-corrected chi connectivity index (χ4v) is 4.38. The molecule has 1 aromatic heterocycles. The highest BCUT2D eigenvalue weighted by molar-refractivity contribution is 7.92. The molecule has 1 unspecified atom stereocenters. The molecule has 11 heteroatoms. The molecule has 34 heavy (non-hydrogen) atoms. The fraction of sp³-hybridized carbons (Fsp3) is 0.217. The van der Waals surface area contributed by atoms with Gasteiger partial charge in [0.05, 0.1) is 42.1 Å². The smallest absolute Gasteiger partial charge is 0.495 e. The fourth-order valence-electron chi connectivity index (χ4n) is 3.33. The highest BCUT2D eigenvalue weighted by atomic mass is 32.2. The largest absolute Gasteiger partial charge is 0.501 e. The molecule has 0 aliphatic heterocycles. The van der Waals surface area contributed by atoms with Gasteiger partial charge in [-0.05, 0) is 37.1 Å². The van der Waals surface area contributed by atoms with E-state index in [1.165, 1.54) is 25.6 Å². The molecule has 4 rings (SSSR count). The Balaban J connectivity index is 0.000000343. The summed E-state index contributed by atoms with van der Waals surface area (Å²) in [6.07, 6.45) is 1.79. The number of aliphatic hydroxyl groups is 1. The number of aromatic nitrogens is 1. The average Bonchev–Trinajstić information content (AvgIpc) is 3.21. The van der Waals surface area contributed by atoms with Crippen LogP contribution in [0.1, 0.15) is 29.2 Å². The molecule has 0 spiro atoms. The topological polar surface area (TPSA) is 110 Å². The zero-order valence-corrected chi connectivity index (χ0v) is 18.6. The van der Waals surface area contributed by atoms with Crippen LogP contribution >= 0.6 is 0 Å². The molecule has 1 atom stereocenters. The summed E-state index contributed by atoms with van der Waals surface area (Å²) in [6, 6.07) is 14.6. The molecule has 0 saturated carbocycles. The van der Waals surface area contributed by atoms with Gasteiger partial charge in [0.1, 0.15) is 17.2 Å². The van der Waals surface area contributed by atoms with Crippen molar-refractivity contribution in [2.75, 3.05) is 7.11 Å². The van der Waals surface area contributed by atoms with Crippen LogP contribution in [-0.4, -0.2) is 31.1 Å². The standard InChI is InChI=1S/C16H14F3NO5S.C7H5N/c1-24-9-6-10(8-20-7-9)25-13-4-5-14(26(22,23)16(17,18)19)15-11(13)2-3-12(15)21;8-6-7-4-2-1-3-5-7/h4-8,12,21H,2-3H2,1H3;1-5H. The van der Waals surface area contributed by atoms with Gasteiger partial charge in [-0.2, -0.15) is 18.4 Å². The lowest BCUT2D eigenvalue weighted by Gasteiger charge is -2.17. The van der Waals surface area contributed by atoms with Gasteiger partial charge in [0.2, 0.25) is 0 Å². The van der Waals surface area contributed by atoms with E-state index in [9.17, 15) is 26.7 Å². The van der Waals surface area contributed by atoms with Crippen molar-refractivity contribution in [2.45, 2.75) is 29.3 Å². The molecule has 7 nitrogen and oxygen atoms in total. The lowest BCUT2D eigenvalue weighted by Crippen LogP contribution is -2.24. The first-order valence-corrected chi connectivity index (χ1v) is 11.3. The SMILES string of the molecule is COc1cncc(Oc2ccc(S(=O)(=O)C(F)(F)F)c3c2CCC3O)c1.N#Cc1ccccc1. The lowest BCUT2D eigenvalue weighted by atomic mass is 10.1. The van der Waals surface area contributed by atoms with Crippen LogP contribution in [0.3, 0.4) is 0 Å². The summed E-state index contributed by atoms with van der Waals surface area (Å²) in [7, 11) is -4.15. The van der Waals surface area contributed by atoms with Crippen LogP contribution in [0.25, 0.3) is 0 Å². The summed E-state index contributed by atoms with van der Waals surface area (Å²) in [5, 5.41) is 18.3. The number of aliphatic hydroxyl groups excluding tert-OH is 1. The number of methoxy groups -OCH3 is 1.